The van der Waals surface area contributed by atoms with E-state index in [-0.39, 0.29) is 0 Å². The van der Waals surface area contributed by atoms with Crippen molar-refractivity contribution in [2.75, 3.05) is 5.73 Å². The lowest BCUT2D eigenvalue weighted by molar-refractivity contribution is 0.939. The van der Waals surface area contributed by atoms with E-state index in [4.69, 9.17) is 5.73 Å². The van der Waals surface area contributed by atoms with E-state index in [1.54, 1.807) is 11.3 Å². The summed E-state index contributed by atoms with van der Waals surface area (Å²) >= 11 is 5.20. The highest BCUT2D eigenvalue weighted by atomic mass is 79.9. The highest BCUT2D eigenvalue weighted by Crippen LogP contribution is 2.37. The summed E-state index contributed by atoms with van der Waals surface area (Å²) in [6.07, 6.45) is 0. The quantitative estimate of drug-likeness (QED) is 0.746. The Hall–Kier alpha value is -1.33. The molecule has 0 saturated heterocycles. The molecule has 3 nitrogen and oxygen atoms in total. The minimum absolute atomic E-state index is 0.516. The molecule has 3 rings (SSSR count). The zero-order chi connectivity index (χ0) is 12.0. The van der Waals surface area contributed by atoms with E-state index >= 15 is 0 Å². The lowest BCUT2D eigenvalue weighted by Gasteiger charge is -2.02. The third kappa shape index (κ3) is 1.57. The molecule has 2 N–H and O–H groups in total. The van der Waals surface area contributed by atoms with Gasteiger partial charge in [0.15, 0.2) is 0 Å². The molecule has 0 aliphatic heterocycles. The number of benzene rings is 1. The molecular formula is C12H10BrN3S. The van der Waals surface area contributed by atoms with Crippen LogP contribution in [0, 0.1) is 0 Å². The molecule has 0 atom stereocenters. The van der Waals surface area contributed by atoms with Crippen LogP contribution in [0.1, 0.15) is 0 Å². The Bertz CT molecular complexity index is 699. The number of rotatable bonds is 1. The third-order valence-electron chi connectivity index (χ3n) is 2.82. The van der Waals surface area contributed by atoms with Crippen LogP contribution in [0.15, 0.2) is 34.2 Å². The van der Waals surface area contributed by atoms with E-state index in [9.17, 15) is 0 Å². The molecule has 0 unspecified atom stereocenters. The Balaban J connectivity index is 2.35. The second-order valence-electron chi connectivity index (χ2n) is 3.81. The Kier molecular flexibility index (Phi) is 2.45. The number of nitrogen functional groups attached to an aromatic ring is 1. The van der Waals surface area contributed by atoms with Crippen molar-refractivity contribution in [3.05, 3.63) is 34.2 Å². The van der Waals surface area contributed by atoms with E-state index in [1.165, 1.54) is 15.6 Å². The van der Waals surface area contributed by atoms with E-state index in [1.807, 2.05) is 17.7 Å². The van der Waals surface area contributed by atoms with Crippen molar-refractivity contribution in [1.29, 1.82) is 0 Å². The second-order valence-corrected chi connectivity index (χ2v) is 5.48. The van der Waals surface area contributed by atoms with Gasteiger partial charge in [-0.25, -0.2) is 4.98 Å². The number of nitrogens with zero attached hydrogens (tertiary/aromatic N) is 2. The van der Waals surface area contributed by atoms with Crippen molar-refractivity contribution in [2.45, 2.75) is 0 Å². The molecule has 0 aliphatic rings. The number of aromatic nitrogens is 2. The molecule has 2 heterocycles. The van der Waals surface area contributed by atoms with Crippen LogP contribution in [0.5, 0.6) is 0 Å². The standard InChI is InChI=1S/C12H10BrN3S/c1-16-10(11(13)15-12(16)14)8-6-17-9-5-3-2-4-7(8)9/h2-6H,1H3,(H2,14,15). The lowest BCUT2D eigenvalue weighted by atomic mass is 10.1. The number of anilines is 1. The molecule has 3 aromatic rings. The molecule has 5 heteroatoms. The van der Waals surface area contributed by atoms with Gasteiger partial charge in [-0.15, -0.1) is 11.3 Å². The van der Waals surface area contributed by atoms with Crippen LogP contribution in [0.4, 0.5) is 5.95 Å². The average molecular weight is 308 g/mol. The average Bonchev–Trinajstić information content (AvgIpc) is 2.82. The van der Waals surface area contributed by atoms with Crippen LogP contribution in [0.3, 0.4) is 0 Å². The number of fused-ring (bicyclic) bond motifs is 1. The van der Waals surface area contributed by atoms with Crippen LogP contribution in [0.2, 0.25) is 0 Å². The molecule has 0 bridgehead atoms. The zero-order valence-corrected chi connectivity index (χ0v) is 11.5. The Morgan fingerprint density at radius 3 is 2.82 bits per heavy atom. The van der Waals surface area contributed by atoms with Gasteiger partial charge in [-0.2, -0.15) is 0 Å². The van der Waals surface area contributed by atoms with E-state index < -0.39 is 0 Å². The summed E-state index contributed by atoms with van der Waals surface area (Å²) in [6.45, 7) is 0. The number of nitrogens with two attached hydrogens (primary N) is 1. The van der Waals surface area contributed by atoms with Gasteiger partial charge in [0.2, 0.25) is 5.95 Å². The molecular weight excluding hydrogens is 298 g/mol. The number of halogens is 1. The SMILES string of the molecule is Cn1c(N)nc(Br)c1-c1csc2ccccc12. The minimum atomic E-state index is 0.516. The van der Waals surface area contributed by atoms with Crippen LogP contribution in [-0.4, -0.2) is 9.55 Å². The minimum Gasteiger partial charge on any atom is -0.369 e. The van der Waals surface area contributed by atoms with Crippen molar-refractivity contribution in [3.8, 4) is 11.3 Å². The maximum Gasteiger partial charge on any atom is 0.201 e. The van der Waals surface area contributed by atoms with Gasteiger partial charge < -0.3 is 10.3 Å². The van der Waals surface area contributed by atoms with Crippen molar-refractivity contribution in [2.24, 2.45) is 7.05 Å². The number of hydrogen-bond acceptors (Lipinski definition) is 3. The molecule has 17 heavy (non-hydrogen) atoms. The van der Waals surface area contributed by atoms with Gasteiger partial charge in [0, 0.05) is 28.1 Å². The van der Waals surface area contributed by atoms with Gasteiger partial charge >= 0.3 is 0 Å². The molecule has 0 aliphatic carbocycles. The van der Waals surface area contributed by atoms with Crippen molar-refractivity contribution in [1.82, 2.24) is 9.55 Å². The summed E-state index contributed by atoms with van der Waals surface area (Å²) in [7, 11) is 1.93. The fourth-order valence-electron chi connectivity index (χ4n) is 1.93. The van der Waals surface area contributed by atoms with Crippen LogP contribution < -0.4 is 5.73 Å². The summed E-state index contributed by atoms with van der Waals surface area (Å²) in [5.41, 5.74) is 8.02. The topological polar surface area (TPSA) is 43.8 Å². The summed E-state index contributed by atoms with van der Waals surface area (Å²) in [5, 5.41) is 3.38. The summed E-state index contributed by atoms with van der Waals surface area (Å²) in [5.74, 6) is 0.516. The fraction of sp³-hybridized carbons (Fsp3) is 0.0833. The molecule has 0 radical (unpaired) electrons. The lowest BCUT2D eigenvalue weighted by Crippen LogP contribution is -1.98. The second kappa shape index (κ2) is 3.85. The number of thiophene rings is 1. The van der Waals surface area contributed by atoms with Crippen molar-refractivity contribution < 1.29 is 0 Å². The van der Waals surface area contributed by atoms with E-state index in [2.05, 4.69) is 44.5 Å². The maximum atomic E-state index is 5.82. The van der Waals surface area contributed by atoms with Crippen LogP contribution in [0.25, 0.3) is 21.3 Å². The van der Waals surface area contributed by atoms with Crippen LogP contribution >= 0.6 is 27.3 Å². The first kappa shape index (κ1) is 10.8. The van der Waals surface area contributed by atoms with Gasteiger partial charge in [-0.1, -0.05) is 18.2 Å². The maximum absolute atomic E-state index is 5.82. The molecule has 1 aromatic carbocycles. The van der Waals surface area contributed by atoms with Gasteiger partial charge in [-0.3, -0.25) is 0 Å². The largest absolute Gasteiger partial charge is 0.369 e. The normalized spacial score (nSPS) is 11.2. The molecule has 86 valence electrons. The first-order chi connectivity index (χ1) is 8.18. The van der Waals surface area contributed by atoms with E-state index in [0.29, 0.717) is 5.95 Å². The molecule has 0 amide bonds. The van der Waals surface area contributed by atoms with Gasteiger partial charge in [0.1, 0.15) is 4.60 Å². The predicted molar refractivity (Wildman–Crippen MR) is 76.1 cm³/mol. The van der Waals surface area contributed by atoms with Gasteiger partial charge in [-0.05, 0) is 22.0 Å². The Morgan fingerprint density at radius 2 is 2.12 bits per heavy atom. The summed E-state index contributed by atoms with van der Waals surface area (Å²) in [4.78, 5) is 4.24. The third-order valence-corrected chi connectivity index (χ3v) is 4.34. The van der Waals surface area contributed by atoms with Crippen molar-refractivity contribution >= 4 is 43.3 Å². The first-order valence-electron chi connectivity index (χ1n) is 5.13. The molecule has 0 fully saturated rings. The van der Waals surface area contributed by atoms with Crippen LogP contribution in [-0.2, 0) is 7.05 Å². The smallest absolute Gasteiger partial charge is 0.201 e. The highest BCUT2D eigenvalue weighted by molar-refractivity contribution is 9.10. The highest BCUT2D eigenvalue weighted by Gasteiger charge is 2.15. The Labute approximate surface area is 111 Å². The predicted octanol–water partition coefficient (Wildman–Crippen LogP) is 3.65. The molecule has 0 saturated carbocycles. The fourth-order valence-corrected chi connectivity index (χ4v) is 3.54. The van der Waals surface area contributed by atoms with E-state index in [0.717, 1.165) is 10.3 Å². The summed E-state index contributed by atoms with van der Waals surface area (Å²) < 4.78 is 3.97. The summed E-state index contributed by atoms with van der Waals surface area (Å²) in [6, 6.07) is 8.34. The Morgan fingerprint density at radius 1 is 1.35 bits per heavy atom. The number of imidazole rings is 1. The van der Waals surface area contributed by atoms with Crippen molar-refractivity contribution in [3.63, 3.8) is 0 Å². The molecule has 0 spiro atoms. The first-order valence-corrected chi connectivity index (χ1v) is 6.80. The van der Waals surface area contributed by atoms with Gasteiger partial charge in [0.05, 0.1) is 5.69 Å². The monoisotopic (exact) mass is 307 g/mol. The number of hydrogen-bond donors (Lipinski definition) is 1. The molecule has 2 aromatic heterocycles. The zero-order valence-electron chi connectivity index (χ0n) is 9.14. The van der Waals surface area contributed by atoms with Gasteiger partial charge in [0.25, 0.3) is 0 Å².